The van der Waals surface area contributed by atoms with Crippen molar-refractivity contribution in [1.82, 2.24) is 0 Å². The molecular weight excluding hydrogens is 222 g/mol. The molecule has 98 valence electrons. The molecule has 1 atom stereocenters. The van der Waals surface area contributed by atoms with Gasteiger partial charge in [0.05, 0.1) is 19.1 Å². The van der Waals surface area contributed by atoms with E-state index in [2.05, 4.69) is 45.9 Å². The van der Waals surface area contributed by atoms with Gasteiger partial charge in [0.25, 0.3) is 0 Å². The van der Waals surface area contributed by atoms with Gasteiger partial charge in [0, 0.05) is 0 Å². The molecule has 0 saturated carbocycles. The zero-order chi connectivity index (χ0) is 13.7. The first-order chi connectivity index (χ1) is 8.49. The molecule has 2 nitrogen and oxygen atoms in total. The summed E-state index contributed by atoms with van der Waals surface area (Å²) in [5.41, 5.74) is 2.44. The first kappa shape index (κ1) is 14.6. The number of ether oxygens (including phenoxy) is 1. The van der Waals surface area contributed by atoms with Crippen molar-refractivity contribution in [3.8, 4) is 11.8 Å². The maximum absolute atomic E-state index is 9.21. The van der Waals surface area contributed by atoms with Crippen molar-refractivity contribution in [3.63, 3.8) is 0 Å². The number of methoxy groups -OCH3 is 1. The molecule has 1 aromatic rings. The Morgan fingerprint density at radius 1 is 1.22 bits per heavy atom. The molecule has 0 spiro atoms. The number of hydrogen-bond acceptors (Lipinski definition) is 2. The van der Waals surface area contributed by atoms with Crippen molar-refractivity contribution in [3.05, 3.63) is 29.3 Å². The topological polar surface area (TPSA) is 33.0 Å². The van der Waals surface area contributed by atoms with Crippen molar-refractivity contribution in [2.75, 3.05) is 7.11 Å². The summed E-state index contributed by atoms with van der Waals surface area (Å²) in [4.78, 5) is 0. The monoisotopic (exact) mass is 245 g/mol. The van der Waals surface area contributed by atoms with Gasteiger partial charge < -0.3 is 4.74 Å². The Morgan fingerprint density at radius 3 is 2.33 bits per heavy atom. The quantitative estimate of drug-likeness (QED) is 0.780. The molecule has 0 radical (unpaired) electrons. The molecule has 0 aliphatic rings. The summed E-state index contributed by atoms with van der Waals surface area (Å²) >= 11 is 0. The standard InChI is InChI=1S/C16H23NO/c1-11(2)13-6-7-16(18-5)14(8-13)9-15(10-17)12(3)4/h6-8,11-12,15H,9H2,1-5H3. The number of hydrogen-bond donors (Lipinski definition) is 0. The molecule has 1 rings (SSSR count). The van der Waals surface area contributed by atoms with Crippen molar-refractivity contribution in [2.45, 2.75) is 40.0 Å². The van der Waals surface area contributed by atoms with E-state index in [-0.39, 0.29) is 5.92 Å². The third-order valence-electron chi connectivity index (χ3n) is 3.38. The van der Waals surface area contributed by atoms with Gasteiger partial charge in [-0.3, -0.25) is 0 Å². The van der Waals surface area contributed by atoms with Crippen LogP contribution in [0.3, 0.4) is 0 Å². The van der Waals surface area contributed by atoms with Crippen LogP contribution in [0.4, 0.5) is 0 Å². The molecule has 18 heavy (non-hydrogen) atoms. The van der Waals surface area contributed by atoms with Gasteiger partial charge in [-0.15, -0.1) is 0 Å². The van der Waals surface area contributed by atoms with E-state index in [4.69, 9.17) is 4.74 Å². The Labute approximate surface area is 111 Å². The molecular formula is C16H23NO. The zero-order valence-corrected chi connectivity index (χ0v) is 12.0. The maximum atomic E-state index is 9.21. The van der Waals surface area contributed by atoms with Gasteiger partial charge in [0.2, 0.25) is 0 Å². The summed E-state index contributed by atoms with van der Waals surface area (Å²) < 4.78 is 5.40. The van der Waals surface area contributed by atoms with E-state index in [1.54, 1.807) is 7.11 Å². The molecule has 0 saturated heterocycles. The van der Waals surface area contributed by atoms with Gasteiger partial charge >= 0.3 is 0 Å². The second kappa shape index (κ2) is 6.44. The number of rotatable bonds is 5. The summed E-state index contributed by atoms with van der Waals surface area (Å²) in [7, 11) is 1.69. The van der Waals surface area contributed by atoms with E-state index in [0.717, 1.165) is 17.7 Å². The van der Waals surface area contributed by atoms with Crippen molar-refractivity contribution < 1.29 is 4.74 Å². The van der Waals surface area contributed by atoms with E-state index in [1.807, 2.05) is 6.07 Å². The maximum Gasteiger partial charge on any atom is 0.122 e. The molecule has 1 unspecified atom stereocenters. The Bertz CT molecular complexity index is 429. The Hall–Kier alpha value is -1.49. The molecule has 0 aliphatic carbocycles. The highest BCUT2D eigenvalue weighted by Crippen LogP contribution is 2.28. The van der Waals surface area contributed by atoms with E-state index >= 15 is 0 Å². The summed E-state index contributed by atoms with van der Waals surface area (Å²) in [6.07, 6.45) is 0.762. The molecule has 0 aliphatic heterocycles. The van der Waals surface area contributed by atoms with Gasteiger partial charge in [0.15, 0.2) is 0 Å². The summed E-state index contributed by atoms with van der Waals surface area (Å²) in [6, 6.07) is 8.69. The minimum absolute atomic E-state index is 0.0429. The lowest BCUT2D eigenvalue weighted by molar-refractivity contribution is 0.400. The molecule has 0 heterocycles. The van der Waals surface area contributed by atoms with E-state index in [0.29, 0.717) is 11.8 Å². The van der Waals surface area contributed by atoms with Gasteiger partial charge in [-0.25, -0.2) is 0 Å². The second-order valence-corrected chi connectivity index (χ2v) is 5.41. The van der Waals surface area contributed by atoms with Gasteiger partial charge in [-0.2, -0.15) is 5.26 Å². The normalized spacial score (nSPS) is 12.6. The Kier molecular flexibility index (Phi) is 5.22. The van der Waals surface area contributed by atoms with E-state index < -0.39 is 0 Å². The predicted octanol–water partition coefficient (Wildman–Crippen LogP) is 4.16. The third kappa shape index (κ3) is 3.50. The minimum atomic E-state index is 0.0429. The zero-order valence-electron chi connectivity index (χ0n) is 12.0. The fourth-order valence-corrected chi connectivity index (χ4v) is 1.98. The lowest BCUT2D eigenvalue weighted by Gasteiger charge is -2.17. The molecule has 1 aromatic carbocycles. The highest BCUT2D eigenvalue weighted by atomic mass is 16.5. The van der Waals surface area contributed by atoms with Gasteiger partial charge in [-0.05, 0) is 35.4 Å². The fraction of sp³-hybridized carbons (Fsp3) is 0.562. The average molecular weight is 245 g/mol. The van der Waals surface area contributed by atoms with Crippen molar-refractivity contribution in [1.29, 1.82) is 5.26 Å². The summed E-state index contributed by atoms with van der Waals surface area (Å²) in [5.74, 6) is 1.79. The molecule has 0 fully saturated rings. The molecule has 0 amide bonds. The summed E-state index contributed by atoms with van der Waals surface area (Å²) in [5, 5.41) is 9.21. The highest BCUT2D eigenvalue weighted by molar-refractivity contribution is 5.39. The first-order valence-electron chi connectivity index (χ1n) is 6.56. The summed E-state index contributed by atoms with van der Waals surface area (Å²) in [6.45, 7) is 8.53. The highest BCUT2D eigenvalue weighted by Gasteiger charge is 2.16. The number of nitriles is 1. The average Bonchev–Trinajstić information content (AvgIpc) is 2.35. The van der Waals surface area contributed by atoms with Crippen molar-refractivity contribution >= 4 is 0 Å². The van der Waals surface area contributed by atoms with Crippen LogP contribution in [0.2, 0.25) is 0 Å². The van der Waals surface area contributed by atoms with Gasteiger partial charge in [0.1, 0.15) is 5.75 Å². The Morgan fingerprint density at radius 2 is 1.89 bits per heavy atom. The van der Waals surface area contributed by atoms with Crippen LogP contribution in [-0.4, -0.2) is 7.11 Å². The lowest BCUT2D eigenvalue weighted by atomic mass is 9.88. The van der Waals surface area contributed by atoms with Crippen LogP contribution < -0.4 is 4.74 Å². The number of nitrogens with zero attached hydrogens (tertiary/aromatic N) is 1. The van der Waals surface area contributed by atoms with Crippen LogP contribution in [0, 0.1) is 23.2 Å². The second-order valence-electron chi connectivity index (χ2n) is 5.41. The molecule has 0 aromatic heterocycles. The fourth-order valence-electron chi connectivity index (χ4n) is 1.98. The first-order valence-corrected chi connectivity index (χ1v) is 6.56. The van der Waals surface area contributed by atoms with Crippen LogP contribution in [0.25, 0.3) is 0 Å². The Balaban J connectivity index is 3.05. The lowest BCUT2D eigenvalue weighted by Crippen LogP contribution is -2.10. The van der Waals surface area contributed by atoms with Crippen LogP contribution in [0.1, 0.15) is 44.7 Å². The van der Waals surface area contributed by atoms with E-state index in [1.165, 1.54) is 5.56 Å². The van der Waals surface area contributed by atoms with Crippen molar-refractivity contribution in [2.24, 2.45) is 11.8 Å². The van der Waals surface area contributed by atoms with Gasteiger partial charge in [-0.1, -0.05) is 39.8 Å². The third-order valence-corrected chi connectivity index (χ3v) is 3.38. The van der Waals surface area contributed by atoms with Crippen LogP contribution in [0.5, 0.6) is 5.75 Å². The van der Waals surface area contributed by atoms with Crippen LogP contribution in [0.15, 0.2) is 18.2 Å². The largest absolute Gasteiger partial charge is 0.496 e. The smallest absolute Gasteiger partial charge is 0.122 e. The van der Waals surface area contributed by atoms with E-state index in [9.17, 15) is 5.26 Å². The van der Waals surface area contributed by atoms with Crippen LogP contribution >= 0.6 is 0 Å². The number of benzene rings is 1. The molecule has 0 bridgehead atoms. The molecule has 2 heteroatoms. The predicted molar refractivity (Wildman–Crippen MR) is 74.7 cm³/mol. The SMILES string of the molecule is COc1ccc(C(C)C)cc1CC(C#N)C(C)C. The minimum Gasteiger partial charge on any atom is -0.496 e. The van der Waals surface area contributed by atoms with Crippen LogP contribution in [-0.2, 0) is 6.42 Å². The molecule has 0 N–H and O–H groups in total.